The smallest absolute Gasteiger partial charge is 0.254 e. The summed E-state index contributed by atoms with van der Waals surface area (Å²) in [4.78, 5) is 25.1. The molecule has 2 amide bonds. The lowest BCUT2D eigenvalue weighted by Crippen LogP contribution is -2.33. The molecule has 0 unspecified atom stereocenters. The van der Waals surface area contributed by atoms with Crippen molar-refractivity contribution in [2.75, 3.05) is 0 Å². The number of benzene rings is 1. The van der Waals surface area contributed by atoms with Gasteiger partial charge in [-0.3, -0.25) is 14.5 Å². The zero-order valence-electron chi connectivity index (χ0n) is 11.5. The normalized spacial score (nSPS) is 21.4. The highest BCUT2D eigenvalue weighted by molar-refractivity contribution is 6.13. The zero-order chi connectivity index (χ0) is 13.7. The average Bonchev–Trinajstić information content (AvgIpc) is 2.90. The fourth-order valence-corrected chi connectivity index (χ4v) is 3.27. The number of imide groups is 1. The summed E-state index contributed by atoms with van der Waals surface area (Å²) in [7, 11) is 0. The molecule has 98 valence electrons. The lowest BCUT2D eigenvalue weighted by molar-refractivity contribution is -0.139. The van der Waals surface area contributed by atoms with Crippen LogP contribution < -0.4 is 0 Å². The van der Waals surface area contributed by atoms with Gasteiger partial charge in [0.05, 0.1) is 6.04 Å². The lowest BCUT2D eigenvalue weighted by atomic mass is 9.93. The second-order valence-corrected chi connectivity index (χ2v) is 5.45. The van der Waals surface area contributed by atoms with E-state index in [0.717, 1.165) is 12.8 Å². The number of amides is 2. The molecular formula is C16H17NO2. The summed E-state index contributed by atoms with van der Waals surface area (Å²) < 4.78 is 0. The van der Waals surface area contributed by atoms with E-state index in [2.05, 4.69) is 26.8 Å². The van der Waals surface area contributed by atoms with E-state index in [1.807, 2.05) is 0 Å². The molecule has 1 aromatic carbocycles. The van der Waals surface area contributed by atoms with Crippen molar-refractivity contribution >= 4 is 11.8 Å². The molecule has 0 N–H and O–H groups in total. The largest absolute Gasteiger partial charge is 0.269 e. The molecule has 0 aromatic heterocycles. The van der Waals surface area contributed by atoms with Gasteiger partial charge in [0, 0.05) is 12.2 Å². The summed E-state index contributed by atoms with van der Waals surface area (Å²) >= 11 is 0. The molecule has 3 rings (SSSR count). The van der Waals surface area contributed by atoms with E-state index in [0.29, 0.717) is 0 Å². The maximum absolute atomic E-state index is 11.9. The molecular weight excluding hydrogens is 238 g/mol. The molecule has 1 aliphatic heterocycles. The Bertz CT molecular complexity index is 610. The fourth-order valence-electron chi connectivity index (χ4n) is 3.27. The number of fused-ring (bicyclic) bond motifs is 1. The van der Waals surface area contributed by atoms with Crippen LogP contribution in [0.4, 0.5) is 0 Å². The molecule has 0 bridgehead atoms. The third-order valence-electron chi connectivity index (χ3n) is 4.47. The summed E-state index contributed by atoms with van der Waals surface area (Å²) in [5, 5.41) is 0. The second kappa shape index (κ2) is 4.05. The van der Waals surface area contributed by atoms with Crippen molar-refractivity contribution in [3.63, 3.8) is 0 Å². The predicted molar refractivity (Wildman–Crippen MR) is 72.7 cm³/mol. The van der Waals surface area contributed by atoms with Crippen LogP contribution in [0.15, 0.2) is 18.2 Å². The van der Waals surface area contributed by atoms with Gasteiger partial charge in [0.15, 0.2) is 0 Å². The SMILES string of the molecule is Cc1cc2c(c(C)c1C)[C@@H](N1C(=O)C=CC1=O)CC2. The molecule has 3 heteroatoms. The molecule has 3 nitrogen and oxygen atoms in total. The first-order valence-corrected chi connectivity index (χ1v) is 6.65. The van der Waals surface area contributed by atoms with Gasteiger partial charge in [-0.15, -0.1) is 0 Å². The highest BCUT2D eigenvalue weighted by Gasteiger charge is 2.37. The van der Waals surface area contributed by atoms with Crippen LogP contribution in [0, 0.1) is 20.8 Å². The molecule has 2 aliphatic rings. The van der Waals surface area contributed by atoms with Crippen LogP contribution >= 0.6 is 0 Å². The van der Waals surface area contributed by atoms with Gasteiger partial charge < -0.3 is 0 Å². The summed E-state index contributed by atoms with van der Waals surface area (Å²) in [5.74, 6) is -0.360. The Morgan fingerprint density at radius 1 is 1.05 bits per heavy atom. The van der Waals surface area contributed by atoms with Gasteiger partial charge in [0.25, 0.3) is 11.8 Å². The topological polar surface area (TPSA) is 37.4 Å². The molecule has 1 aliphatic carbocycles. The standard InChI is InChI=1S/C16H17NO2/c1-9-8-12-4-5-13(16(12)11(3)10(9)2)17-14(18)6-7-15(17)19/h6-8,13H,4-5H2,1-3H3/t13-/m0/s1. The zero-order valence-corrected chi connectivity index (χ0v) is 11.5. The minimum atomic E-state index is -0.180. The number of aryl methyl sites for hydroxylation is 2. The van der Waals surface area contributed by atoms with Gasteiger partial charge in [-0.05, 0) is 61.4 Å². The number of rotatable bonds is 1. The third-order valence-corrected chi connectivity index (χ3v) is 4.47. The highest BCUT2D eigenvalue weighted by Crippen LogP contribution is 2.40. The first-order chi connectivity index (χ1) is 9.00. The third kappa shape index (κ3) is 1.65. The van der Waals surface area contributed by atoms with E-state index in [-0.39, 0.29) is 17.9 Å². The van der Waals surface area contributed by atoms with Crippen LogP contribution in [0.2, 0.25) is 0 Å². The van der Waals surface area contributed by atoms with Gasteiger partial charge in [-0.2, -0.15) is 0 Å². The van der Waals surface area contributed by atoms with E-state index in [4.69, 9.17) is 0 Å². The second-order valence-electron chi connectivity index (χ2n) is 5.45. The summed E-state index contributed by atoms with van der Waals surface area (Å²) in [5.41, 5.74) is 6.25. The predicted octanol–water partition coefficient (Wildman–Crippen LogP) is 2.52. The van der Waals surface area contributed by atoms with E-state index in [9.17, 15) is 9.59 Å². The van der Waals surface area contributed by atoms with E-state index in [1.165, 1.54) is 44.9 Å². The van der Waals surface area contributed by atoms with E-state index in [1.54, 1.807) is 0 Å². The Kier molecular flexibility index (Phi) is 2.59. The number of hydrogen-bond acceptors (Lipinski definition) is 2. The molecule has 0 saturated heterocycles. The highest BCUT2D eigenvalue weighted by atomic mass is 16.2. The van der Waals surface area contributed by atoms with E-state index >= 15 is 0 Å². The first kappa shape index (κ1) is 12.2. The maximum atomic E-state index is 11.9. The number of nitrogens with zero attached hydrogens (tertiary/aromatic N) is 1. The maximum Gasteiger partial charge on any atom is 0.254 e. The monoisotopic (exact) mass is 255 g/mol. The Labute approximate surface area is 112 Å². The number of carbonyl (C=O) groups excluding carboxylic acids is 2. The molecule has 1 atom stereocenters. The van der Waals surface area contributed by atoms with Crippen molar-refractivity contribution in [1.82, 2.24) is 4.90 Å². The lowest BCUT2D eigenvalue weighted by Gasteiger charge is -2.25. The van der Waals surface area contributed by atoms with Crippen LogP contribution in [0.5, 0.6) is 0 Å². The first-order valence-electron chi connectivity index (χ1n) is 6.65. The Morgan fingerprint density at radius 3 is 2.32 bits per heavy atom. The summed E-state index contributed by atoms with van der Waals surface area (Å²) in [6, 6.07) is 2.13. The molecule has 19 heavy (non-hydrogen) atoms. The van der Waals surface area contributed by atoms with Crippen LogP contribution in [0.25, 0.3) is 0 Å². The van der Waals surface area contributed by atoms with E-state index < -0.39 is 0 Å². The van der Waals surface area contributed by atoms with Gasteiger partial charge in [0.1, 0.15) is 0 Å². The minimum Gasteiger partial charge on any atom is -0.269 e. The van der Waals surface area contributed by atoms with Gasteiger partial charge >= 0.3 is 0 Å². The van der Waals surface area contributed by atoms with Crippen molar-refractivity contribution in [2.24, 2.45) is 0 Å². The minimum absolute atomic E-state index is 0.0794. The van der Waals surface area contributed by atoms with Gasteiger partial charge in [0.2, 0.25) is 0 Å². The van der Waals surface area contributed by atoms with Crippen LogP contribution in [-0.4, -0.2) is 16.7 Å². The van der Waals surface area contributed by atoms with Crippen molar-refractivity contribution in [3.05, 3.63) is 46.0 Å². The van der Waals surface area contributed by atoms with Gasteiger partial charge in [-0.1, -0.05) is 6.07 Å². The van der Waals surface area contributed by atoms with Crippen molar-refractivity contribution in [3.8, 4) is 0 Å². The molecule has 1 aromatic rings. The molecule has 0 spiro atoms. The molecule has 0 radical (unpaired) electrons. The number of carbonyl (C=O) groups is 2. The Balaban J connectivity index is 2.10. The molecule has 1 heterocycles. The summed E-state index contributed by atoms with van der Waals surface area (Å²) in [6.45, 7) is 6.31. The number of hydrogen-bond donors (Lipinski definition) is 0. The van der Waals surface area contributed by atoms with Gasteiger partial charge in [-0.25, -0.2) is 0 Å². The quantitative estimate of drug-likeness (QED) is 0.723. The molecule has 0 fully saturated rings. The summed E-state index contributed by atoms with van der Waals surface area (Å²) in [6.07, 6.45) is 4.53. The average molecular weight is 255 g/mol. The van der Waals surface area contributed by atoms with Crippen molar-refractivity contribution in [2.45, 2.75) is 39.7 Å². The van der Waals surface area contributed by atoms with Crippen LogP contribution in [-0.2, 0) is 16.0 Å². The Hall–Kier alpha value is -1.90. The fraction of sp³-hybridized carbons (Fsp3) is 0.375. The Morgan fingerprint density at radius 2 is 1.68 bits per heavy atom. The van der Waals surface area contributed by atoms with Crippen LogP contribution in [0.3, 0.4) is 0 Å². The molecule has 0 saturated carbocycles. The van der Waals surface area contributed by atoms with Crippen molar-refractivity contribution < 1.29 is 9.59 Å². The van der Waals surface area contributed by atoms with Crippen molar-refractivity contribution in [1.29, 1.82) is 0 Å². The van der Waals surface area contributed by atoms with Crippen LogP contribution in [0.1, 0.15) is 40.3 Å².